The Bertz CT molecular complexity index is 416. The van der Waals surface area contributed by atoms with E-state index in [0.29, 0.717) is 25.9 Å². The van der Waals surface area contributed by atoms with Gasteiger partial charge in [0, 0.05) is 18.3 Å². The highest BCUT2D eigenvalue weighted by Gasteiger charge is 2.34. The molecular formula is C12H15ClF4N2. The summed E-state index contributed by atoms with van der Waals surface area (Å²) < 4.78 is 51.9. The van der Waals surface area contributed by atoms with Crippen molar-refractivity contribution in [1.29, 1.82) is 0 Å². The van der Waals surface area contributed by atoms with Crippen LogP contribution in [-0.2, 0) is 12.6 Å². The molecule has 1 aliphatic rings. The number of halogens is 5. The molecule has 1 saturated heterocycles. The number of piperidine rings is 1. The van der Waals surface area contributed by atoms with Gasteiger partial charge in [-0.1, -0.05) is 0 Å². The summed E-state index contributed by atoms with van der Waals surface area (Å²) in [5, 5.41) is 3.02. The summed E-state index contributed by atoms with van der Waals surface area (Å²) in [7, 11) is 0. The molecule has 0 atom stereocenters. The van der Waals surface area contributed by atoms with Crippen molar-refractivity contribution in [3.63, 3.8) is 0 Å². The first-order valence-corrected chi connectivity index (χ1v) is 5.81. The van der Waals surface area contributed by atoms with Gasteiger partial charge in [-0.2, -0.15) is 13.2 Å². The molecule has 2 heterocycles. The van der Waals surface area contributed by atoms with Crippen LogP contribution < -0.4 is 5.32 Å². The maximum absolute atomic E-state index is 14.3. The van der Waals surface area contributed by atoms with E-state index >= 15 is 0 Å². The van der Waals surface area contributed by atoms with Gasteiger partial charge < -0.3 is 5.32 Å². The van der Waals surface area contributed by atoms with E-state index in [0.717, 1.165) is 18.3 Å². The van der Waals surface area contributed by atoms with Crippen molar-refractivity contribution in [3.8, 4) is 0 Å². The summed E-state index contributed by atoms with van der Waals surface area (Å²) in [6.45, 7) is 1.10. The van der Waals surface area contributed by atoms with Gasteiger partial charge in [-0.3, -0.25) is 4.98 Å². The second-order valence-electron chi connectivity index (χ2n) is 4.61. The Hall–Kier alpha value is -0.880. The number of pyridine rings is 1. The molecule has 1 aliphatic heterocycles. The fourth-order valence-electron chi connectivity index (χ4n) is 2.13. The summed E-state index contributed by atoms with van der Waals surface area (Å²) in [6.07, 6.45) is -2.76. The summed E-state index contributed by atoms with van der Waals surface area (Å²) in [4.78, 5) is 3.83. The Kier molecular flexibility index (Phi) is 5.15. The van der Waals surface area contributed by atoms with E-state index in [-0.39, 0.29) is 24.5 Å². The fraction of sp³-hybridized carbons (Fsp3) is 0.583. The molecule has 0 aromatic carbocycles. The number of nitrogens with one attached hydrogen (secondary N) is 1. The molecule has 1 aromatic rings. The van der Waals surface area contributed by atoms with Crippen LogP contribution in [0.1, 0.15) is 24.1 Å². The third-order valence-electron chi connectivity index (χ3n) is 3.14. The van der Waals surface area contributed by atoms with Gasteiger partial charge in [0.1, 0.15) is 5.67 Å². The lowest BCUT2D eigenvalue weighted by Crippen LogP contribution is -2.40. The van der Waals surface area contributed by atoms with Crippen molar-refractivity contribution in [2.75, 3.05) is 13.1 Å². The van der Waals surface area contributed by atoms with Crippen LogP contribution in [0.3, 0.4) is 0 Å². The van der Waals surface area contributed by atoms with Crippen molar-refractivity contribution in [1.82, 2.24) is 10.3 Å². The minimum Gasteiger partial charge on any atom is -0.316 e. The Morgan fingerprint density at radius 3 is 2.47 bits per heavy atom. The molecular weight excluding hydrogens is 284 g/mol. The van der Waals surface area contributed by atoms with Crippen LogP contribution in [0.15, 0.2) is 18.3 Å². The van der Waals surface area contributed by atoms with Crippen LogP contribution in [0.25, 0.3) is 0 Å². The molecule has 19 heavy (non-hydrogen) atoms. The zero-order chi connectivity index (χ0) is 13.2. The second kappa shape index (κ2) is 6.05. The minimum absolute atomic E-state index is 0. The molecule has 0 unspecified atom stereocenters. The Labute approximate surface area is 115 Å². The lowest BCUT2D eigenvalue weighted by Gasteiger charge is -2.29. The molecule has 0 radical (unpaired) electrons. The number of hydrogen-bond donors (Lipinski definition) is 1. The van der Waals surface area contributed by atoms with E-state index in [4.69, 9.17) is 0 Å². The number of nitrogens with zero attached hydrogens (tertiary/aromatic N) is 1. The monoisotopic (exact) mass is 298 g/mol. The van der Waals surface area contributed by atoms with Crippen molar-refractivity contribution in [2.45, 2.75) is 31.1 Å². The van der Waals surface area contributed by atoms with Gasteiger partial charge in [0.2, 0.25) is 0 Å². The van der Waals surface area contributed by atoms with Crippen LogP contribution in [0.5, 0.6) is 0 Å². The van der Waals surface area contributed by atoms with Crippen LogP contribution in [-0.4, -0.2) is 23.7 Å². The molecule has 0 amide bonds. The maximum Gasteiger partial charge on any atom is 0.416 e. The molecule has 2 nitrogen and oxygen atoms in total. The lowest BCUT2D eigenvalue weighted by atomic mass is 9.89. The SMILES string of the molecule is Cl.FC1(Cc2cc(C(F)(F)F)ccn2)CCNCC1. The quantitative estimate of drug-likeness (QED) is 0.849. The van der Waals surface area contributed by atoms with Crippen LogP contribution in [0.2, 0.25) is 0 Å². The van der Waals surface area contributed by atoms with Gasteiger partial charge in [-0.05, 0) is 38.1 Å². The topological polar surface area (TPSA) is 24.9 Å². The molecule has 0 aliphatic carbocycles. The third kappa shape index (κ3) is 4.31. The normalized spacial score (nSPS) is 18.7. The number of alkyl halides is 4. The smallest absolute Gasteiger partial charge is 0.316 e. The Morgan fingerprint density at radius 1 is 1.26 bits per heavy atom. The van der Waals surface area contributed by atoms with Crippen LogP contribution in [0.4, 0.5) is 17.6 Å². The number of hydrogen-bond acceptors (Lipinski definition) is 2. The first-order valence-electron chi connectivity index (χ1n) is 5.81. The first kappa shape index (κ1) is 16.2. The van der Waals surface area contributed by atoms with E-state index in [2.05, 4.69) is 10.3 Å². The Morgan fingerprint density at radius 2 is 1.89 bits per heavy atom. The van der Waals surface area contributed by atoms with Gasteiger partial charge in [-0.25, -0.2) is 4.39 Å². The van der Waals surface area contributed by atoms with Gasteiger partial charge in [-0.15, -0.1) is 12.4 Å². The minimum atomic E-state index is -4.41. The van der Waals surface area contributed by atoms with Crippen molar-refractivity contribution < 1.29 is 17.6 Å². The van der Waals surface area contributed by atoms with Gasteiger partial charge in [0.05, 0.1) is 5.56 Å². The van der Waals surface area contributed by atoms with Crippen LogP contribution in [0, 0.1) is 0 Å². The molecule has 1 aromatic heterocycles. The van der Waals surface area contributed by atoms with Crippen molar-refractivity contribution >= 4 is 12.4 Å². The molecule has 2 rings (SSSR count). The number of aromatic nitrogens is 1. The van der Waals surface area contributed by atoms with Crippen molar-refractivity contribution in [2.24, 2.45) is 0 Å². The van der Waals surface area contributed by atoms with Gasteiger partial charge in [0.15, 0.2) is 0 Å². The predicted octanol–water partition coefficient (Wildman–Crippen LogP) is 3.16. The highest BCUT2D eigenvalue weighted by Crippen LogP contribution is 2.31. The third-order valence-corrected chi connectivity index (χ3v) is 3.14. The summed E-state index contributed by atoms with van der Waals surface area (Å²) in [5.41, 5.74) is -2.05. The molecule has 108 valence electrons. The molecule has 0 spiro atoms. The molecule has 0 saturated carbocycles. The van der Waals surface area contributed by atoms with E-state index < -0.39 is 17.4 Å². The average molecular weight is 299 g/mol. The highest BCUT2D eigenvalue weighted by molar-refractivity contribution is 5.85. The van der Waals surface area contributed by atoms with E-state index in [9.17, 15) is 17.6 Å². The molecule has 0 bridgehead atoms. The standard InChI is InChI=1S/C12H14F4N2.ClH/c13-11(2-5-17-6-3-11)8-10-7-9(1-4-18-10)12(14,15)16;/h1,4,7,17H,2-3,5-6,8H2;1H. The van der Waals surface area contributed by atoms with E-state index in [1.807, 2.05) is 0 Å². The van der Waals surface area contributed by atoms with E-state index in [1.165, 1.54) is 0 Å². The molecule has 7 heteroatoms. The lowest BCUT2D eigenvalue weighted by molar-refractivity contribution is -0.137. The zero-order valence-electron chi connectivity index (χ0n) is 10.1. The first-order chi connectivity index (χ1) is 8.39. The predicted molar refractivity (Wildman–Crippen MR) is 66.1 cm³/mol. The summed E-state index contributed by atoms with van der Waals surface area (Å²) in [5.74, 6) is 0. The molecule has 1 fully saturated rings. The fourth-order valence-corrected chi connectivity index (χ4v) is 2.13. The van der Waals surface area contributed by atoms with Gasteiger partial charge >= 0.3 is 6.18 Å². The maximum atomic E-state index is 14.3. The Balaban J connectivity index is 0.00000180. The highest BCUT2D eigenvalue weighted by atomic mass is 35.5. The number of rotatable bonds is 2. The van der Waals surface area contributed by atoms with Crippen molar-refractivity contribution in [3.05, 3.63) is 29.6 Å². The van der Waals surface area contributed by atoms with Gasteiger partial charge in [0.25, 0.3) is 0 Å². The summed E-state index contributed by atoms with van der Waals surface area (Å²) >= 11 is 0. The zero-order valence-corrected chi connectivity index (χ0v) is 11.0. The van der Waals surface area contributed by atoms with Crippen LogP contribution >= 0.6 is 12.4 Å². The molecule has 1 N–H and O–H groups in total. The second-order valence-corrected chi connectivity index (χ2v) is 4.61. The summed E-state index contributed by atoms with van der Waals surface area (Å²) in [6, 6.07) is 1.83. The van der Waals surface area contributed by atoms with E-state index in [1.54, 1.807) is 0 Å². The largest absolute Gasteiger partial charge is 0.416 e. The average Bonchev–Trinajstić information content (AvgIpc) is 2.28.